The molecule has 0 saturated heterocycles. The normalized spacial score (nSPS) is 13.9. The Balaban J connectivity index is 0. The molecule has 0 aliphatic rings. The quantitative estimate of drug-likeness (QED) is 0.345. The third-order valence-electron chi connectivity index (χ3n) is 0.789. The van der Waals surface area contributed by atoms with E-state index < -0.39 is 15.6 Å². The molecule has 0 rings (SSSR count). The van der Waals surface area contributed by atoms with Gasteiger partial charge < -0.3 is 5.11 Å². The summed E-state index contributed by atoms with van der Waals surface area (Å²) < 4.78 is 24.0. The Morgan fingerprint density at radius 1 is 1.70 bits per heavy atom. The average Bonchev–Trinajstić information content (AvgIpc) is 1.86. The molecule has 1 atom stereocenters. The van der Waals surface area contributed by atoms with Gasteiger partial charge in [0.15, 0.2) is 0 Å². The molecule has 0 aromatic heterocycles. The van der Waals surface area contributed by atoms with Gasteiger partial charge in [-0.05, 0) is 0 Å². The van der Waals surface area contributed by atoms with Crippen LogP contribution in [0.2, 0.25) is 0 Å². The molecule has 2 N–H and O–H groups in total. The van der Waals surface area contributed by atoms with E-state index in [4.69, 9.17) is 0 Å². The van der Waals surface area contributed by atoms with E-state index in [0.717, 1.165) is 0 Å². The average molecular weight is 177 g/mol. The summed E-state index contributed by atoms with van der Waals surface area (Å²) in [6.07, 6.45) is -0.0421. The van der Waals surface area contributed by atoms with Crippen molar-refractivity contribution < 1.29 is 47.4 Å². The van der Waals surface area contributed by atoms with Crippen molar-refractivity contribution in [2.45, 2.75) is 18.8 Å². The molecule has 7 heteroatoms. The van der Waals surface area contributed by atoms with Crippen LogP contribution in [0, 0.1) is 0 Å². The number of hydrogen-bond acceptors (Lipinski definition) is 5. The number of hydrogen-bond donors (Lipinski definition) is 1. The van der Waals surface area contributed by atoms with E-state index in [9.17, 15) is 13.5 Å². The molecule has 0 fully saturated rings. The molecule has 0 aliphatic carbocycles. The van der Waals surface area contributed by atoms with Gasteiger partial charge in [0, 0.05) is 5.44 Å². The molecule has 0 spiro atoms. The smallest absolute Gasteiger partial charge is 0.839 e. The van der Waals surface area contributed by atoms with Crippen LogP contribution in [0.15, 0.2) is 0 Å². The summed E-state index contributed by atoms with van der Waals surface area (Å²) in [4.78, 5) is 0. The van der Waals surface area contributed by atoms with Crippen molar-refractivity contribution >= 4 is 10.1 Å². The Bertz CT molecular complexity index is 167. The van der Waals surface area contributed by atoms with Gasteiger partial charge in [0.2, 0.25) is 0 Å². The van der Waals surface area contributed by atoms with Gasteiger partial charge in [0.25, 0.3) is 10.1 Å². The molecule has 0 radical (unpaired) electrons. The Kier molecular flexibility index (Phi) is 7.35. The Hall–Kier alpha value is 0.830. The summed E-state index contributed by atoms with van der Waals surface area (Å²) in [5.74, 6) is 4.29. The molecule has 56 valence electrons. The Morgan fingerprint density at radius 3 is 2.20 bits per heavy atom. The third-order valence-corrected chi connectivity index (χ3v) is 2.03. The van der Waals surface area contributed by atoms with E-state index in [1.807, 2.05) is 0 Å². The first-order valence-corrected chi connectivity index (χ1v) is 3.79. The van der Waals surface area contributed by atoms with E-state index in [0.29, 0.717) is 0 Å². The monoisotopic (exact) mass is 177 g/mol. The van der Waals surface area contributed by atoms with Crippen LogP contribution in [0.5, 0.6) is 0 Å². The van der Waals surface area contributed by atoms with Crippen LogP contribution in [-0.4, -0.2) is 13.9 Å². The molecule has 0 heterocycles. The van der Waals surface area contributed by atoms with Gasteiger partial charge in [-0.25, -0.2) is 0 Å². The minimum atomic E-state index is -4.03. The van der Waals surface area contributed by atoms with Gasteiger partial charge in [-0.1, -0.05) is 13.3 Å². The summed E-state index contributed by atoms with van der Waals surface area (Å²) in [5.41, 5.74) is -1.76. The van der Waals surface area contributed by atoms with E-state index in [-0.39, 0.29) is 36.0 Å². The maximum Gasteiger partial charge on any atom is 1.00 e. The van der Waals surface area contributed by atoms with Crippen LogP contribution in [0.4, 0.5) is 0 Å². The predicted octanol–water partition coefficient (Wildman–Crippen LogP) is -4.69. The number of nitrogens with two attached hydrogens (primary N) is 1. The van der Waals surface area contributed by atoms with Crippen LogP contribution in [0.3, 0.4) is 0 Å². The van der Waals surface area contributed by atoms with Crippen molar-refractivity contribution in [3.05, 3.63) is 0 Å². The molecule has 5 nitrogen and oxygen atoms in total. The Morgan fingerprint density at radius 2 is 2.10 bits per heavy atom. The molecule has 10 heavy (non-hydrogen) atoms. The first-order chi connectivity index (χ1) is 4.04. The topological polar surface area (TPSA) is 92.4 Å². The van der Waals surface area contributed by atoms with Gasteiger partial charge in [-0.2, -0.15) is 18.6 Å². The molecule has 0 amide bonds. The maximum atomic E-state index is 10.4. The zero-order chi connectivity index (χ0) is 7.49. The van der Waals surface area contributed by atoms with Gasteiger partial charge in [-0.15, -0.1) is 0 Å². The van der Waals surface area contributed by atoms with Crippen molar-refractivity contribution in [1.29, 1.82) is 0 Å². The van der Waals surface area contributed by atoms with Gasteiger partial charge in [0.05, 0.1) is 0 Å². The summed E-state index contributed by atoms with van der Waals surface area (Å²) in [6.45, 7) is 1.44. The number of rotatable bonds is 3. The van der Waals surface area contributed by atoms with Crippen LogP contribution in [0.1, 0.15) is 13.3 Å². The zero-order valence-electron chi connectivity index (χ0n) is 5.90. The van der Waals surface area contributed by atoms with E-state index in [1.165, 1.54) is 6.92 Å². The summed E-state index contributed by atoms with van der Waals surface area (Å²) in [6, 6.07) is 0. The maximum absolute atomic E-state index is 10.4. The van der Waals surface area contributed by atoms with Gasteiger partial charge in [-0.3, -0.25) is 0 Å². The second kappa shape index (κ2) is 5.48. The van der Waals surface area contributed by atoms with Gasteiger partial charge >= 0.3 is 29.6 Å². The third kappa shape index (κ3) is 3.87. The second-order valence-electron chi connectivity index (χ2n) is 1.43. The molecule has 1 unspecified atom stereocenters. The molecule has 0 bridgehead atoms. The Labute approximate surface area is 81.9 Å². The molecule has 0 saturated carbocycles. The van der Waals surface area contributed by atoms with Crippen molar-refractivity contribution in [3.8, 4) is 0 Å². The van der Waals surface area contributed by atoms with E-state index >= 15 is 0 Å². The minimum Gasteiger partial charge on any atom is -0.839 e. The van der Waals surface area contributed by atoms with Crippen LogP contribution < -0.4 is 40.6 Å². The van der Waals surface area contributed by atoms with Crippen LogP contribution in [0.25, 0.3) is 0 Å². The van der Waals surface area contributed by atoms with Crippen molar-refractivity contribution in [2.24, 2.45) is 5.90 Å². The standard InChI is InChI=1S/C3H8NO4S.Na/c1-2-3(5)9(6,7)8-4;/h3H,2,4H2,1H3;/q-1;+1. The molecule has 0 aromatic carbocycles. The summed E-state index contributed by atoms with van der Waals surface area (Å²) in [5, 5.41) is 10.4. The van der Waals surface area contributed by atoms with Crippen LogP contribution >= 0.6 is 0 Å². The zero-order valence-corrected chi connectivity index (χ0v) is 8.72. The molecular weight excluding hydrogens is 169 g/mol. The molecule has 0 aromatic rings. The van der Waals surface area contributed by atoms with Crippen molar-refractivity contribution in [2.75, 3.05) is 0 Å². The predicted molar refractivity (Wildman–Crippen MR) is 28.3 cm³/mol. The fraction of sp³-hybridized carbons (Fsp3) is 1.00. The minimum absolute atomic E-state index is 0. The molecule has 0 aliphatic heterocycles. The second-order valence-corrected chi connectivity index (χ2v) is 3.13. The van der Waals surface area contributed by atoms with Crippen molar-refractivity contribution in [1.82, 2.24) is 0 Å². The van der Waals surface area contributed by atoms with Crippen LogP contribution in [-0.2, 0) is 14.4 Å². The first kappa shape index (κ1) is 13.4. The summed E-state index contributed by atoms with van der Waals surface area (Å²) in [7, 11) is -4.03. The van der Waals surface area contributed by atoms with Gasteiger partial charge in [0.1, 0.15) is 0 Å². The van der Waals surface area contributed by atoms with E-state index in [2.05, 4.69) is 10.2 Å². The largest absolute Gasteiger partial charge is 1.00 e. The van der Waals surface area contributed by atoms with Crippen molar-refractivity contribution in [3.63, 3.8) is 0 Å². The first-order valence-electron chi connectivity index (χ1n) is 2.32. The fourth-order valence-electron chi connectivity index (χ4n) is 0.266. The summed E-state index contributed by atoms with van der Waals surface area (Å²) >= 11 is 0. The molecular formula is C3H8NNaO4S. The fourth-order valence-corrected chi connectivity index (χ4v) is 0.798. The van der Waals surface area contributed by atoms with E-state index in [1.54, 1.807) is 0 Å². The SMILES string of the molecule is CCC([O-])S(=O)(=O)ON.[Na+].